The van der Waals surface area contributed by atoms with Crippen LogP contribution >= 0.6 is 0 Å². The summed E-state index contributed by atoms with van der Waals surface area (Å²) in [6.45, 7) is 11.9. The molecule has 2 heteroatoms. The quantitative estimate of drug-likeness (QED) is 0.767. The maximum Gasteiger partial charge on any atom is 0.127 e. The van der Waals surface area contributed by atoms with E-state index < -0.39 is 0 Å². The third-order valence-corrected chi connectivity index (χ3v) is 4.34. The Labute approximate surface area is 132 Å². The molecule has 1 aliphatic heterocycles. The molecule has 2 nitrogen and oxygen atoms in total. The van der Waals surface area contributed by atoms with Crippen molar-refractivity contribution in [3.05, 3.63) is 47.5 Å². The molecule has 0 amide bonds. The summed E-state index contributed by atoms with van der Waals surface area (Å²) in [4.78, 5) is 0. The molecule has 1 N–H and O–H groups in total. The summed E-state index contributed by atoms with van der Waals surface area (Å²) in [5.41, 5.74) is 2.56. The zero-order valence-corrected chi connectivity index (χ0v) is 14.0. The van der Waals surface area contributed by atoms with Gasteiger partial charge in [-0.25, -0.2) is 0 Å². The van der Waals surface area contributed by atoms with Crippen molar-refractivity contribution in [1.82, 2.24) is 0 Å². The van der Waals surface area contributed by atoms with Gasteiger partial charge in [0.15, 0.2) is 0 Å². The van der Waals surface area contributed by atoms with E-state index in [0.717, 1.165) is 22.1 Å². The van der Waals surface area contributed by atoms with E-state index in [4.69, 9.17) is 4.74 Å². The second-order valence-electron chi connectivity index (χ2n) is 7.84. The van der Waals surface area contributed by atoms with E-state index in [-0.39, 0.29) is 10.8 Å². The van der Waals surface area contributed by atoms with E-state index in [2.05, 4.69) is 40.7 Å². The molecule has 1 heterocycles. The first-order valence-corrected chi connectivity index (χ1v) is 7.80. The smallest absolute Gasteiger partial charge is 0.127 e. The molecule has 1 aliphatic rings. The number of phenols is 1. The van der Waals surface area contributed by atoms with Gasteiger partial charge in [0.05, 0.1) is 6.61 Å². The first kappa shape index (κ1) is 15.0. The van der Waals surface area contributed by atoms with Crippen molar-refractivity contribution >= 4 is 16.5 Å². The molecule has 0 aromatic heterocycles. The molecular formula is C20H24O2. The summed E-state index contributed by atoms with van der Waals surface area (Å²) in [6.07, 6.45) is 0. The zero-order valence-electron chi connectivity index (χ0n) is 14.0. The molecule has 0 fully saturated rings. The van der Waals surface area contributed by atoms with Crippen LogP contribution in [0.2, 0.25) is 0 Å². The Bertz CT molecular complexity index is 761. The number of phenolic OH excluding ortho intramolecular Hbond substituents is 1. The monoisotopic (exact) mass is 296 g/mol. The summed E-state index contributed by atoms with van der Waals surface area (Å²) in [5, 5.41) is 11.9. The summed E-state index contributed by atoms with van der Waals surface area (Å²) >= 11 is 0. The number of hydrogen-bond donors (Lipinski definition) is 1. The maximum atomic E-state index is 9.71. The van der Waals surface area contributed by atoms with Crippen molar-refractivity contribution in [3.8, 4) is 5.75 Å². The highest BCUT2D eigenvalue weighted by molar-refractivity contribution is 5.94. The Morgan fingerprint density at radius 1 is 1.09 bits per heavy atom. The summed E-state index contributed by atoms with van der Waals surface area (Å²) < 4.78 is 6.15. The molecule has 0 unspecified atom stereocenters. The fourth-order valence-corrected chi connectivity index (χ4v) is 3.74. The van der Waals surface area contributed by atoms with Crippen molar-refractivity contribution in [1.29, 1.82) is 0 Å². The average Bonchev–Trinajstić information content (AvgIpc) is 2.73. The molecule has 3 rings (SSSR count). The average molecular weight is 296 g/mol. The van der Waals surface area contributed by atoms with E-state index >= 15 is 0 Å². The normalized spacial score (nSPS) is 17.9. The van der Waals surface area contributed by atoms with Crippen molar-refractivity contribution in [3.63, 3.8) is 0 Å². The number of fused-ring (bicyclic) bond motifs is 1. The van der Waals surface area contributed by atoms with Crippen molar-refractivity contribution in [2.24, 2.45) is 10.8 Å². The van der Waals surface area contributed by atoms with Gasteiger partial charge in [0.1, 0.15) is 11.5 Å². The van der Waals surface area contributed by atoms with Gasteiger partial charge in [-0.2, -0.15) is 0 Å². The van der Waals surface area contributed by atoms with Crippen LogP contribution in [-0.2, 0) is 4.74 Å². The highest BCUT2D eigenvalue weighted by Crippen LogP contribution is 2.50. The Balaban J connectivity index is 2.30. The van der Waals surface area contributed by atoms with Crippen LogP contribution in [0.15, 0.2) is 42.0 Å². The minimum atomic E-state index is 0.0344. The van der Waals surface area contributed by atoms with Crippen LogP contribution in [0.3, 0.4) is 0 Å². The first-order chi connectivity index (χ1) is 10.2. The number of ether oxygens (including phenoxy) is 1. The third kappa shape index (κ3) is 2.37. The minimum absolute atomic E-state index is 0.0344. The van der Waals surface area contributed by atoms with Crippen molar-refractivity contribution < 1.29 is 9.84 Å². The third-order valence-electron chi connectivity index (χ3n) is 4.34. The molecule has 2 aromatic rings. The summed E-state index contributed by atoms with van der Waals surface area (Å²) in [5.74, 6) is 1.30. The lowest BCUT2D eigenvalue weighted by atomic mass is 9.71. The van der Waals surface area contributed by atoms with E-state index in [0.29, 0.717) is 12.4 Å². The zero-order chi connectivity index (χ0) is 16.1. The predicted molar refractivity (Wildman–Crippen MR) is 91.7 cm³/mol. The topological polar surface area (TPSA) is 29.5 Å². The van der Waals surface area contributed by atoms with Crippen LogP contribution in [0, 0.1) is 10.8 Å². The molecule has 2 aromatic carbocycles. The van der Waals surface area contributed by atoms with E-state index in [1.54, 1.807) is 12.1 Å². The molecular weight excluding hydrogens is 272 g/mol. The standard InChI is InChI=1S/C20H24O2/c1-19(2,3)18-17(22-12-20(18,4)5)16-8-6-7-13-11-14(21)9-10-15(13)16/h6-11,21H,12H2,1-5H3. The van der Waals surface area contributed by atoms with E-state index in [9.17, 15) is 5.11 Å². The van der Waals surface area contributed by atoms with Crippen LogP contribution in [0.4, 0.5) is 0 Å². The second-order valence-corrected chi connectivity index (χ2v) is 7.84. The molecule has 116 valence electrons. The number of rotatable bonds is 1. The van der Waals surface area contributed by atoms with Gasteiger partial charge in [0, 0.05) is 11.0 Å². The first-order valence-electron chi connectivity index (χ1n) is 7.80. The molecule has 0 atom stereocenters. The molecule has 22 heavy (non-hydrogen) atoms. The van der Waals surface area contributed by atoms with Gasteiger partial charge < -0.3 is 9.84 Å². The van der Waals surface area contributed by atoms with Gasteiger partial charge in [-0.1, -0.05) is 52.8 Å². The largest absolute Gasteiger partial charge is 0.508 e. The van der Waals surface area contributed by atoms with Gasteiger partial charge >= 0.3 is 0 Å². The SMILES string of the molecule is CC(C)(C)C1=C(c2cccc3cc(O)ccc23)OCC1(C)C. The Hall–Kier alpha value is -1.96. The highest BCUT2D eigenvalue weighted by Gasteiger charge is 2.41. The molecule has 0 bridgehead atoms. The second kappa shape index (κ2) is 4.77. The Morgan fingerprint density at radius 2 is 1.82 bits per heavy atom. The van der Waals surface area contributed by atoms with Crippen LogP contribution in [0.1, 0.15) is 40.2 Å². The number of hydrogen-bond acceptors (Lipinski definition) is 2. The van der Waals surface area contributed by atoms with Crippen LogP contribution in [-0.4, -0.2) is 11.7 Å². The van der Waals surface area contributed by atoms with Gasteiger partial charge in [-0.3, -0.25) is 0 Å². The molecule has 0 saturated carbocycles. The molecule has 0 spiro atoms. The van der Waals surface area contributed by atoms with Crippen molar-refractivity contribution in [2.75, 3.05) is 6.61 Å². The maximum absolute atomic E-state index is 9.71. The Kier molecular flexibility index (Phi) is 3.24. The molecule has 0 aliphatic carbocycles. The number of aromatic hydroxyl groups is 1. The van der Waals surface area contributed by atoms with Gasteiger partial charge in [0.2, 0.25) is 0 Å². The van der Waals surface area contributed by atoms with E-state index in [1.807, 2.05) is 18.2 Å². The van der Waals surface area contributed by atoms with Gasteiger partial charge in [-0.05, 0) is 40.0 Å². The predicted octanol–water partition coefficient (Wildman–Crippen LogP) is 5.36. The van der Waals surface area contributed by atoms with Crippen LogP contribution in [0.25, 0.3) is 16.5 Å². The molecule has 0 saturated heterocycles. The van der Waals surface area contributed by atoms with Crippen molar-refractivity contribution in [2.45, 2.75) is 34.6 Å². The lowest BCUT2D eigenvalue weighted by molar-refractivity contribution is 0.213. The van der Waals surface area contributed by atoms with Gasteiger partial charge in [-0.15, -0.1) is 0 Å². The van der Waals surface area contributed by atoms with Gasteiger partial charge in [0.25, 0.3) is 0 Å². The summed E-state index contributed by atoms with van der Waals surface area (Å²) in [6, 6.07) is 11.7. The van der Waals surface area contributed by atoms with Crippen LogP contribution < -0.4 is 0 Å². The van der Waals surface area contributed by atoms with E-state index in [1.165, 1.54) is 5.57 Å². The van der Waals surface area contributed by atoms with Crippen LogP contribution in [0.5, 0.6) is 5.75 Å². The highest BCUT2D eigenvalue weighted by atomic mass is 16.5. The Morgan fingerprint density at radius 3 is 2.50 bits per heavy atom. The molecule has 0 radical (unpaired) electrons. The summed E-state index contributed by atoms with van der Waals surface area (Å²) in [7, 11) is 0. The number of benzene rings is 2. The minimum Gasteiger partial charge on any atom is -0.508 e. The fourth-order valence-electron chi connectivity index (χ4n) is 3.74. The lowest BCUT2D eigenvalue weighted by Crippen LogP contribution is -2.24. The lowest BCUT2D eigenvalue weighted by Gasteiger charge is -2.31. The fraction of sp³-hybridized carbons (Fsp3) is 0.400.